The third-order valence-electron chi connectivity index (χ3n) is 6.95. The van der Waals surface area contributed by atoms with E-state index in [0.717, 1.165) is 50.7 Å². The number of rotatable bonds is 5. The van der Waals surface area contributed by atoms with E-state index in [-0.39, 0.29) is 7.05 Å². The number of fused-ring (bicyclic) bond motifs is 1. The molecule has 2 heterocycles. The normalized spacial score (nSPS) is 12.2. The van der Waals surface area contributed by atoms with Crippen LogP contribution in [0.1, 0.15) is 0 Å². The van der Waals surface area contributed by atoms with Gasteiger partial charge in [-0.25, -0.2) is 9.97 Å². The number of nitrogens with zero attached hydrogens (tertiary/aromatic N) is 3. The van der Waals surface area contributed by atoms with Crippen LogP contribution in [0.3, 0.4) is 0 Å². The molecule has 0 saturated heterocycles. The number of benzene rings is 5. The molecule has 0 aliphatic carbocycles. The molecule has 0 unspecified atom stereocenters. The van der Waals surface area contributed by atoms with Gasteiger partial charge in [-0.05, 0) is 47.9 Å². The lowest BCUT2D eigenvalue weighted by atomic mass is 9.71. The summed E-state index contributed by atoms with van der Waals surface area (Å²) in [6.07, 6.45) is 0. The molecule has 0 amide bonds. The van der Waals surface area contributed by atoms with Gasteiger partial charge in [-0.2, -0.15) is 0 Å². The standard InChI is InChI=1S/C34H24BN3O/c1-4-12-25(13-5-1)30-24-31(26-14-6-2-7-15-26)37-34(36-30)27-20-22-29(23-21-27)38-32-18-10-11-19-33(32)39-35(38)28-16-8-3-9-17-28/h1-24H. The molecule has 0 radical (unpaired) electrons. The van der Waals surface area contributed by atoms with Crippen molar-refractivity contribution in [3.05, 3.63) is 146 Å². The largest absolute Gasteiger partial charge is 0.536 e. The quantitative estimate of drug-likeness (QED) is 0.231. The lowest BCUT2D eigenvalue weighted by Gasteiger charge is -2.22. The van der Waals surface area contributed by atoms with Gasteiger partial charge in [-0.15, -0.1) is 0 Å². The Labute approximate surface area is 228 Å². The molecule has 1 aromatic heterocycles. The first-order valence-corrected chi connectivity index (χ1v) is 13.0. The first kappa shape index (κ1) is 23.0. The molecular formula is C34H24BN3O. The monoisotopic (exact) mass is 501 g/mol. The van der Waals surface area contributed by atoms with Crippen molar-refractivity contribution in [2.45, 2.75) is 0 Å². The summed E-state index contributed by atoms with van der Waals surface area (Å²) < 4.78 is 6.41. The minimum absolute atomic E-state index is 0.239. The maximum Gasteiger partial charge on any atom is 0.524 e. The Hall–Kier alpha value is -5.16. The molecule has 184 valence electrons. The van der Waals surface area contributed by atoms with Gasteiger partial charge < -0.3 is 9.47 Å². The highest BCUT2D eigenvalue weighted by Gasteiger charge is 2.39. The smallest absolute Gasteiger partial charge is 0.524 e. The van der Waals surface area contributed by atoms with Crippen LogP contribution in [0.5, 0.6) is 5.75 Å². The van der Waals surface area contributed by atoms with E-state index in [2.05, 4.69) is 77.6 Å². The molecule has 1 aliphatic heterocycles. The first-order valence-electron chi connectivity index (χ1n) is 13.0. The highest BCUT2D eigenvalue weighted by Crippen LogP contribution is 2.40. The maximum absolute atomic E-state index is 6.41. The maximum atomic E-state index is 6.41. The van der Waals surface area contributed by atoms with Crippen LogP contribution in [0.2, 0.25) is 0 Å². The van der Waals surface area contributed by atoms with E-state index in [4.69, 9.17) is 14.6 Å². The third-order valence-corrected chi connectivity index (χ3v) is 6.95. The number of anilines is 2. The van der Waals surface area contributed by atoms with Crippen molar-refractivity contribution in [1.82, 2.24) is 9.97 Å². The fraction of sp³-hybridized carbons (Fsp3) is 0. The first-order chi connectivity index (χ1) is 19.3. The average Bonchev–Trinajstić information content (AvgIpc) is 3.42. The van der Waals surface area contributed by atoms with Crippen LogP contribution < -0.4 is 14.9 Å². The van der Waals surface area contributed by atoms with Crippen molar-refractivity contribution in [2.75, 3.05) is 4.81 Å². The van der Waals surface area contributed by atoms with Crippen LogP contribution >= 0.6 is 0 Å². The van der Waals surface area contributed by atoms with E-state index in [1.165, 1.54) is 0 Å². The van der Waals surface area contributed by atoms with E-state index in [1.54, 1.807) is 0 Å². The molecule has 0 spiro atoms. The van der Waals surface area contributed by atoms with E-state index in [0.29, 0.717) is 5.82 Å². The van der Waals surface area contributed by atoms with E-state index in [9.17, 15) is 0 Å². The SMILES string of the molecule is c1ccc(B2Oc3ccccc3N2c2ccc(-c3nc(-c4ccccc4)cc(-c4ccccc4)n3)cc2)cc1. The van der Waals surface area contributed by atoms with Crippen molar-refractivity contribution in [3.63, 3.8) is 0 Å². The fourth-order valence-corrected chi connectivity index (χ4v) is 5.03. The molecule has 6 aromatic rings. The van der Waals surface area contributed by atoms with Crippen molar-refractivity contribution in [1.29, 1.82) is 0 Å². The Morgan fingerprint density at radius 2 is 1.05 bits per heavy atom. The van der Waals surface area contributed by atoms with E-state index < -0.39 is 0 Å². The molecule has 0 atom stereocenters. The van der Waals surface area contributed by atoms with Crippen LogP contribution in [0.4, 0.5) is 11.4 Å². The predicted molar refractivity (Wildman–Crippen MR) is 159 cm³/mol. The topological polar surface area (TPSA) is 38.2 Å². The third kappa shape index (κ3) is 4.45. The zero-order valence-electron chi connectivity index (χ0n) is 21.2. The van der Waals surface area contributed by atoms with Gasteiger partial charge >= 0.3 is 7.05 Å². The van der Waals surface area contributed by atoms with Gasteiger partial charge in [0.15, 0.2) is 5.82 Å². The molecule has 39 heavy (non-hydrogen) atoms. The Bertz CT molecular complexity index is 1670. The Morgan fingerprint density at radius 1 is 0.513 bits per heavy atom. The van der Waals surface area contributed by atoms with Gasteiger partial charge in [0.1, 0.15) is 5.75 Å². The van der Waals surface area contributed by atoms with E-state index >= 15 is 0 Å². The molecular weight excluding hydrogens is 477 g/mol. The fourth-order valence-electron chi connectivity index (χ4n) is 5.03. The molecule has 0 fully saturated rings. The lowest BCUT2D eigenvalue weighted by Crippen LogP contribution is -2.46. The van der Waals surface area contributed by atoms with Crippen LogP contribution in [0.15, 0.2) is 146 Å². The Balaban J connectivity index is 1.30. The summed E-state index contributed by atoms with van der Waals surface area (Å²) in [7, 11) is -0.239. The summed E-state index contributed by atoms with van der Waals surface area (Å²) in [5.41, 5.74) is 8.07. The second-order valence-electron chi connectivity index (χ2n) is 9.46. The predicted octanol–water partition coefficient (Wildman–Crippen LogP) is 7.40. The molecule has 7 rings (SSSR count). The van der Waals surface area contributed by atoms with Crippen molar-refractivity contribution in [3.8, 4) is 39.7 Å². The van der Waals surface area contributed by atoms with Crippen LogP contribution in [-0.2, 0) is 0 Å². The van der Waals surface area contributed by atoms with Crippen molar-refractivity contribution >= 4 is 23.9 Å². The zero-order chi connectivity index (χ0) is 26.0. The second kappa shape index (κ2) is 9.95. The molecule has 0 saturated carbocycles. The highest BCUT2D eigenvalue weighted by atomic mass is 16.5. The molecule has 5 heteroatoms. The minimum Gasteiger partial charge on any atom is -0.536 e. The minimum atomic E-state index is -0.239. The molecule has 5 aromatic carbocycles. The Morgan fingerprint density at radius 3 is 1.67 bits per heavy atom. The number of para-hydroxylation sites is 2. The van der Waals surface area contributed by atoms with Gasteiger partial charge in [-0.3, -0.25) is 0 Å². The van der Waals surface area contributed by atoms with Crippen LogP contribution in [0, 0.1) is 0 Å². The van der Waals surface area contributed by atoms with Crippen molar-refractivity contribution in [2.24, 2.45) is 0 Å². The van der Waals surface area contributed by atoms with Crippen LogP contribution in [0.25, 0.3) is 33.9 Å². The number of hydrogen-bond donors (Lipinski definition) is 0. The summed E-state index contributed by atoms with van der Waals surface area (Å²) in [5.74, 6) is 1.57. The van der Waals surface area contributed by atoms with E-state index in [1.807, 2.05) is 72.8 Å². The Kier molecular flexibility index (Phi) is 5.87. The average molecular weight is 501 g/mol. The van der Waals surface area contributed by atoms with Gasteiger partial charge in [0.2, 0.25) is 0 Å². The summed E-state index contributed by atoms with van der Waals surface area (Å²) in [6.45, 7) is 0. The summed E-state index contributed by atoms with van der Waals surface area (Å²) >= 11 is 0. The molecule has 0 bridgehead atoms. The zero-order valence-corrected chi connectivity index (χ0v) is 21.2. The van der Waals surface area contributed by atoms with Gasteiger partial charge in [-0.1, -0.05) is 103 Å². The number of hydrogen-bond acceptors (Lipinski definition) is 4. The van der Waals surface area contributed by atoms with Crippen molar-refractivity contribution < 1.29 is 4.65 Å². The lowest BCUT2D eigenvalue weighted by molar-refractivity contribution is 0.603. The van der Waals surface area contributed by atoms with Gasteiger partial charge in [0, 0.05) is 22.4 Å². The van der Waals surface area contributed by atoms with Gasteiger partial charge in [0.05, 0.1) is 17.1 Å². The summed E-state index contributed by atoms with van der Waals surface area (Å²) in [6, 6.07) is 49.5. The highest BCUT2D eigenvalue weighted by molar-refractivity contribution is 6.74. The van der Waals surface area contributed by atoms with Crippen LogP contribution in [-0.4, -0.2) is 17.0 Å². The summed E-state index contributed by atoms with van der Waals surface area (Å²) in [5, 5.41) is 0. The molecule has 0 N–H and O–H groups in total. The van der Waals surface area contributed by atoms with Gasteiger partial charge in [0.25, 0.3) is 0 Å². The molecule has 4 nitrogen and oxygen atoms in total. The number of aromatic nitrogens is 2. The molecule has 1 aliphatic rings. The summed E-state index contributed by atoms with van der Waals surface area (Å²) in [4.78, 5) is 12.2. The second-order valence-corrected chi connectivity index (χ2v) is 9.46.